The monoisotopic (exact) mass is 266 g/mol. The molecule has 0 unspecified atom stereocenters. The summed E-state index contributed by atoms with van der Waals surface area (Å²) >= 11 is 0. The fourth-order valence-electron chi connectivity index (χ4n) is 1.80. The molecule has 1 aromatic carbocycles. The third kappa shape index (κ3) is 3.51. The van der Waals surface area contributed by atoms with Crippen molar-refractivity contribution in [2.24, 2.45) is 0 Å². The van der Waals surface area contributed by atoms with Crippen molar-refractivity contribution < 1.29 is 19.0 Å². The summed E-state index contributed by atoms with van der Waals surface area (Å²) in [6.07, 6.45) is 1.06. The second-order valence-electron chi connectivity index (χ2n) is 4.23. The molecule has 6 heteroatoms. The molecule has 0 atom stereocenters. The maximum Gasteiger partial charge on any atom is 0.224 e. The molecule has 0 saturated carbocycles. The van der Waals surface area contributed by atoms with Gasteiger partial charge in [0.05, 0.1) is 11.4 Å². The molecule has 0 saturated heterocycles. The summed E-state index contributed by atoms with van der Waals surface area (Å²) in [4.78, 5) is 11.7. The second kappa shape index (κ2) is 6.29. The van der Waals surface area contributed by atoms with E-state index in [1.54, 1.807) is 19.2 Å². The highest BCUT2D eigenvalue weighted by Gasteiger charge is 2.15. The number of amides is 1. The summed E-state index contributed by atoms with van der Waals surface area (Å²) in [6.45, 7) is 1.57. The van der Waals surface area contributed by atoms with Crippen LogP contribution in [-0.4, -0.2) is 32.8 Å². The van der Waals surface area contributed by atoms with Gasteiger partial charge in [0.25, 0.3) is 0 Å². The van der Waals surface area contributed by atoms with Crippen LogP contribution >= 0.6 is 0 Å². The normalized spacial score (nSPS) is 13.1. The summed E-state index contributed by atoms with van der Waals surface area (Å²) in [5, 5.41) is 2.76. The van der Waals surface area contributed by atoms with E-state index in [0.717, 1.165) is 0 Å². The highest BCUT2D eigenvalue weighted by Crippen LogP contribution is 2.36. The summed E-state index contributed by atoms with van der Waals surface area (Å²) in [7, 11) is 1.61. The molecule has 0 spiro atoms. The number of hydrogen-bond donors (Lipinski definition) is 2. The maximum absolute atomic E-state index is 11.7. The average Bonchev–Trinajstić information content (AvgIpc) is 2.40. The van der Waals surface area contributed by atoms with Crippen LogP contribution in [0.2, 0.25) is 0 Å². The van der Waals surface area contributed by atoms with E-state index in [1.807, 2.05) is 0 Å². The van der Waals surface area contributed by atoms with Crippen LogP contribution in [0.5, 0.6) is 11.5 Å². The molecule has 1 aromatic rings. The van der Waals surface area contributed by atoms with Crippen LogP contribution in [0.15, 0.2) is 12.1 Å². The number of rotatable bonds is 5. The minimum absolute atomic E-state index is 0.0968. The molecule has 0 aromatic heterocycles. The summed E-state index contributed by atoms with van der Waals surface area (Å²) in [5.41, 5.74) is 6.88. The first-order valence-corrected chi connectivity index (χ1v) is 6.18. The van der Waals surface area contributed by atoms with E-state index in [9.17, 15) is 4.79 Å². The summed E-state index contributed by atoms with van der Waals surface area (Å²) in [6, 6.07) is 3.36. The van der Waals surface area contributed by atoms with Gasteiger partial charge in [-0.15, -0.1) is 0 Å². The largest absolute Gasteiger partial charge is 0.486 e. The van der Waals surface area contributed by atoms with Crippen molar-refractivity contribution in [3.8, 4) is 11.5 Å². The molecule has 0 aliphatic carbocycles. The van der Waals surface area contributed by atoms with Crippen LogP contribution in [0.1, 0.15) is 12.8 Å². The zero-order chi connectivity index (χ0) is 13.7. The van der Waals surface area contributed by atoms with Crippen molar-refractivity contribution in [2.45, 2.75) is 12.8 Å². The molecule has 19 heavy (non-hydrogen) atoms. The fourth-order valence-corrected chi connectivity index (χ4v) is 1.80. The van der Waals surface area contributed by atoms with Crippen molar-refractivity contribution in [2.75, 3.05) is 38.0 Å². The van der Waals surface area contributed by atoms with Crippen LogP contribution < -0.4 is 20.5 Å². The SMILES string of the molecule is COCCCC(=O)Nc1cc2c(cc1N)OCCO2. The molecule has 1 heterocycles. The van der Waals surface area contributed by atoms with Gasteiger partial charge in [0, 0.05) is 32.3 Å². The predicted molar refractivity (Wildman–Crippen MR) is 71.6 cm³/mol. The minimum Gasteiger partial charge on any atom is -0.486 e. The molecule has 104 valence electrons. The van der Waals surface area contributed by atoms with Gasteiger partial charge in [-0.25, -0.2) is 0 Å². The Morgan fingerprint density at radius 3 is 2.74 bits per heavy atom. The third-order valence-electron chi connectivity index (χ3n) is 2.74. The zero-order valence-electron chi connectivity index (χ0n) is 10.9. The Morgan fingerprint density at radius 2 is 2.05 bits per heavy atom. The van der Waals surface area contributed by atoms with Crippen molar-refractivity contribution in [1.29, 1.82) is 0 Å². The number of nitrogens with one attached hydrogen (secondary N) is 1. The molecule has 1 aliphatic heterocycles. The summed E-state index contributed by atoms with van der Waals surface area (Å²) < 4.78 is 15.8. The van der Waals surface area contributed by atoms with Gasteiger partial charge in [-0.05, 0) is 6.42 Å². The van der Waals surface area contributed by atoms with E-state index in [-0.39, 0.29) is 5.91 Å². The number of fused-ring (bicyclic) bond motifs is 1. The highest BCUT2D eigenvalue weighted by atomic mass is 16.6. The van der Waals surface area contributed by atoms with Gasteiger partial charge in [0.2, 0.25) is 5.91 Å². The standard InChI is InChI=1S/C13H18N2O4/c1-17-4-2-3-13(16)15-10-8-12-11(7-9(10)14)18-5-6-19-12/h7-8H,2-6,14H2,1H3,(H,15,16). The third-order valence-corrected chi connectivity index (χ3v) is 2.74. The number of anilines is 2. The van der Waals surface area contributed by atoms with Crippen molar-refractivity contribution >= 4 is 17.3 Å². The highest BCUT2D eigenvalue weighted by molar-refractivity contribution is 5.94. The maximum atomic E-state index is 11.7. The van der Waals surface area contributed by atoms with E-state index < -0.39 is 0 Å². The molecule has 0 radical (unpaired) electrons. The van der Waals surface area contributed by atoms with Gasteiger partial charge in [0.1, 0.15) is 13.2 Å². The minimum atomic E-state index is -0.0968. The summed E-state index contributed by atoms with van der Waals surface area (Å²) in [5.74, 6) is 1.12. The molecule has 2 rings (SSSR count). The Kier molecular flexibility index (Phi) is 4.46. The van der Waals surface area contributed by atoms with Crippen molar-refractivity contribution in [3.63, 3.8) is 0 Å². The fraction of sp³-hybridized carbons (Fsp3) is 0.462. The molecule has 1 amide bonds. The van der Waals surface area contributed by atoms with Gasteiger partial charge in [-0.3, -0.25) is 4.79 Å². The lowest BCUT2D eigenvalue weighted by atomic mass is 10.2. The lowest BCUT2D eigenvalue weighted by Crippen LogP contribution is -2.17. The van der Waals surface area contributed by atoms with Crippen LogP contribution in [0.25, 0.3) is 0 Å². The van der Waals surface area contributed by atoms with E-state index in [1.165, 1.54) is 0 Å². The predicted octanol–water partition coefficient (Wildman–Crippen LogP) is 1.41. The molecule has 0 fully saturated rings. The topological polar surface area (TPSA) is 82.8 Å². The first-order valence-electron chi connectivity index (χ1n) is 6.18. The van der Waals surface area contributed by atoms with Gasteiger partial charge < -0.3 is 25.3 Å². The number of carbonyl (C=O) groups excluding carboxylic acids is 1. The van der Waals surface area contributed by atoms with Gasteiger partial charge in [0.15, 0.2) is 11.5 Å². The van der Waals surface area contributed by atoms with Gasteiger partial charge in [-0.2, -0.15) is 0 Å². The molecule has 6 nitrogen and oxygen atoms in total. The molecule has 0 bridgehead atoms. The number of nitrogens with two attached hydrogens (primary N) is 1. The van der Waals surface area contributed by atoms with Crippen molar-refractivity contribution in [1.82, 2.24) is 0 Å². The number of methoxy groups -OCH3 is 1. The average molecular weight is 266 g/mol. The molecule has 3 N–H and O–H groups in total. The van der Waals surface area contributed by atoms with Gasteiger partial charge in [-0.1, -0.05) is 0 Å². The van der Waals surface area contributed by atoms with Crippen molar-refractivity contribution in [3.05, 3.63) is 12.1 Å². The van der Waals surface area contributed by atoms with Crippen LogP contribution in [-0.2, 0) is 9.53 Å². The molecular formula is C13H18N2O4. The van der Waals surface area contributed by atoms with E-state index in [0.29, 0.717) is 55.5 Å². The number of ether oxygens (including phenoxy) is 3. The molecule has 1 aliphatic rings. The number of hydrogen-bond acceptors (Lipinski definition) is 5. The first-order chi connectivity index (χ1) is 9.20. The lowest BCUT2D eigenvalue weighted by molar-refractivity contribution is -0.116. The smallest absolute Gasteiger partial charge is 0.224 e. The van der Waals surface area contributed by atoms with Crippen LogP contribution in [0.4, 0.5) is 11.4 Å². The van der Waals surface area contributed by atoms with Gasteiger partial charge >= 0.3 is 0 Å². The van der Waals surface area contributed by atoms with Crippen LogP contribution in [0.3, 0.4) is 0 Å². The number of nitrogen functional groups attached to an aromatic ring is 1. The van der Waals surface area contributed by atoms with E-state index in [4.69, 9.17) is 19.9 Å². The number of benzene rings is 1. The van der Waals surface area contributed by atoms with E-state index in [2.05, 4.69) is 5.32 Å². The Bertz CT molecular complexity index is 462. The molecular weight excluding hydrogens is 248 g/mol. The van der Waals surface area contributed by atoms with E-state index >= 15 is 0 Å². The van der Waals surface area contributed by atoms with Crippen LogP contribution in [0, 0.1) is 0 Å². The Morgan fingerprint density at radius 1 is 1.37 bits per heavy atom. The Balaban J connectivity index is 2.01. The Labute approximate surface area is 111 Å². The number of carbonyl (C=O) groups is 1. The lowest BCUT2D eigenvalue weighted by Gasteiger charge is -2.20. The second-order valence-corrected chi connectivity index (χ2v) is 4.23. The first kappa shape index (κ1) is 13.5. The Hall–Kier alpha value is -1.95. The zero-order valence-corrected chi connectivity index (χ0v) is 10.9. The quantitative estimate of drug-likeness (QED) is 0.622.